The van der Waals surface area contributed by atoms with Gasteiger partial charge in [-0.05, 0) is 66.6 Å². The molecule has 0 spiro atoms. The zero-order chi connectivity index (χ0) is 26.7. The zero-order valence-corrected chi connectivity index (χ0v) is 22.2. The van der Waals surface area contributed by atoms with Crippen LogP contribution in [0.4, 0.5) is 5.69 Å². The molecular weight excluding hydrogens is 462 g/mol. The number of ketones is 1. The third kappa shape index (κ3) is 5.77. The van der Waals surface area contributed by atoms with Gasteiger partial charge in [0.2, 0.25) is 0 Å². The lowest BCUT2D eigenvalue weighted by Gasteiger charge is -2.28. The second-order valence-electron chi connectivity index (χ2n) is 10.8. The summed E-state index contributed by atoms with van der Waals surface area (Å²) in [7, 11) is 0. The molecule has 1 amide bonds. The first-order valence-corrected chi connectivity index (χ1v) is 12.8. The van der Waals surface area contributed by atoms with Crippen molar-refractivity contribution >= 4 is 17.4 Å². The van der Waals surface area contributed by atoms with Crippen molar-refractivity contribution < 1.29 is 19.4 Å². The van der Waals surface area contributed by atoms with Crippen molar-refractivity contribution in [2.75, 3.05) is 4.90 Å². The minimum Gasteiger partial charge on any atom is -0.503 e. The van der Waals surface area contributed by atoms with E-state index in [1.807, 2.05) is 68.4 Å². The van der Waals surface area contributed by atoms with Crippen LogP contribution in [0.2, 0.25) is 0 Å². The summed E-state index contributed by atoms with van der Waals surface area (Å²) in [4.78, 5) is 28.4. The number of hydrogen-bond acceptors (Lipinski definition) is 4. The van der Waals surface area contributed by atoms with Crippen LogP contribution in [0, 0.1) is 0 Å². The van der Waals surface area contributed by atoms with Gasteiger partial charge < -0.3 is 9.84 Å². The van der Waals surface area contributed by atoms with Gasteiger partial charge in [0, 0.05) is 12.1 Å². The number of aliphatic hydroxyl groups excluding tert-OH is 1. The summed E-state index contributed by atoms with van der Waals surface area (Å²) in [6, 6.07) is 24.1. The van der Waals surface area contributed by atoms with Crippen LogP contribution in [0.15, 0.2) is 90.2 Å². The van der Waals surface area contributed by atoms with Gasteiger partial charge in [-0.1, -0.05) is 75.4 Å². The molecule has 1 N–H and O–H groups in total. The first-order chi connectivity index (χ1) is 17.6. The number of Topliss-reactive ketones (excluding diaryl/α,β-unsaturated/α-hetero) is 1. The van der Waals surface area contributed by atoms with E-state index in [1.165, 1.54) is 4.90 Å². The lowest BCUT2D eigenvalue weighted by molar-refractivity contribution is -0.118. The van der Waals surface area contributed by atoms with Gasteiger partial charge in [-0.25, -0.2) is 0 Å². The van der Waals surface area contributed by atoms with Gasteiger partial charge >= 0.3 is 0 Å². The first-order valence-electron chi connectivity index (χ1n) is 12.8. The van der Waals surface area contributed by atoms with Crippen LogP contribution in [0.1, 0.15) is 63.8 Å². The Morgan fingerprint density at radius 2 is 1.57 bits per heavy atom. The largest absolute Gasteiger partial charge is 0.503 e. The van der Waals surface area contributed by atoms with E-state index in [0.717, 1.165) is 16.7 Å². The molecule has 0 aromatic heterocycles. The Morgan fingerprint density at radius 3 is 2.14 bits per heavy atom. The molecule has 0 radical (unpaired) electrons. The molecule has 1 unspecified atom stereocenters. The van der Waals surface area contributed by atoms with E-state index in [1.54, 1.807) is 24.3 Å². The summed E-state index contributed by atoms with van der Waals surface area (Å²) in [5, 5.41) is 11.0. The Kier molecular flexibility index (Phi) is 7.53. The quantitative estimate of drug-likeness (QED) is 0.369. The summed E-state index contributed by atoms with van der Waals surface area (Å²) in [5.74, 6) is -0.606. The average Bonchev–Trinajstić information content (AvgIpc) is 3.13. The Morgan fingerprint density at radius 1 is 0.946 bits per heavy atom. The van der Waals surface area contributed by atoms with Gasteiger partial charge in [-0.3, -0.25) is 14.5 Å². The fourth-order valence-electron chi connectivity index (χ4n) is 4.63. The van der Waals surface area contributed by atoms with Gasteiger partial charge in [-0.15, -0.1) is 0 Å². The van der Waals surface area contributed by atoms with Crippen molar-refractivity contribution in [3.63, 3.8) is 0 Å². The number of carbonyl (C=O) groups excluding carboxylic acids is 2. The number of amides is 1. The third-order valence-electron chi connectivity index (χ3n) is 6.57. The molecule has 5 nitrogen and oxygen atoms in total. The molecule has 1 aliphatic rings. The summed E-state index contributed by atoms with van der Waals surface area (Å²) in [6.07, 6.45) is 0.747. The van der Waals surface area contributed by atoms with Crippen LogP contribution >= 0.6 is 0 Å². The number of aryl methyl sites for hydroxylation is 1. The first kappa shape index (κ1) is 26.2. The SMILES string of the molecule is CC(C)Oc1ccc(N2C(=O)C(O)=C(C(=O)CCc3ccccc3)C2c2ccc(C(C)(C)C)cc2)cc1. The Hall–Kier alpha value is -3.86. The molecule has 0 aliphatic carbocycles. The molecular formula is C32H35NO4. The maximum absolute atomic E-state index is 13.5. The van der Waals surface area contributed by atoms with Crippen LogP contribution in [-0.4, -0.2) is 22.9 Å². The molecule has 0 bridgehead atoms. The predicted octanol–water partition coefficient (Wildman–Crippen LogP) is 6.87. The predicted molar refractivity (Wildman–Crippen MR) is 147 cm³/mol. The van der Waals surface area contributed by atoms with Crippen LogP contribution in [0.5, 0.6) is 5.75 Å². The second kappa shape index (κ2) is 10.6. The van der Waals surface area contributed by atoms with Gasteiger partial charge in [0.25, 0.3) is 5.91 Å². The third-order valence-corrected chi connectivity index (χ3v) is 6.57. The minimum atomic E-state index is -0.721. The van der Waals surface area contributed by atoms with E-state index in [9.17, 15) is 14.7 Å². The number of carbonyl (C=O) groups is 2. The molecule has 0 saturated heterocycles. The van der Waals surface area contributed by atoms with Crippen LogP contribution in [0.3, 0.4) is 0 Å². The highest BCUT2D eigenvalue weighted by Gasteiger charge is 2.44. The number of nitrogens with zero attached hydrogens (tertiary/aromatic N) is 1. The molecule has 0 saturated carbocycles. The topological polar surface area (TPSA) is 66.8 Å². The molecule has 3 aromatic rings. The average molecular weight is 498 g/mol. The molecule has 4 rings (SSSR count). The number of hydrogen-bond donors (Lipinski definition) is 1. The molecule has 1 heterocycles. The summed E-state index contributed by atoms with van der Waals surface area (Å²) in [6.45, 7) is 10.3. The molecule has 0 fully saturated rings. The number of aliphatic hydroxyl groups is 1. The van der Waals surface area contributed by atoms with Crippen LogP contribution in [0.25, 0.3) is 0 Å². The normalized spacial score (nSPS) is 16.0. The van der Waals surface area contributed by atoms with E-state index < -0.39 is 17.7 Å². The van der Waals surface area contributed by atoms with Crippen molar-refractivity contribution in [3.05, 3.63) is 107 Å². The standard InChI is InChI=1S/C32H35NO4/c1-21(2)37-26-18-16-25(17-19-26)33-29(23-12-14-24(15-13-23)32(3,4)5)28(30(35)31(33)36)27(34)20-11-22-9-7-6-8-10-22/h6-10,12-19,21,29,35H,11,20H2,1-5H3. The summed E-state index contributed by atoms with van der Waals surface area (Å²) < 4.78 is 5.75. The molecule has 1 aliphatic heterocycles. The highest BCUT2D eigenvalue weighted by atomic mass is 16.5. The fraction of sp³-hybridized carbons (Fsp3) is 0.312. The minimum absolute atomic E-state index is 0.0212. The highest BCUT2D eigenvalue weighted by Crippen LogP contribution is 2.42. The van der Waals surface area contributed by atoms with Gasteiger partial charge in [0.05, 0.1) is 17.7 Å². The summed E-state index contributed by atoms with van der Waals surface area (Å²) >= 11 is 0. The van der Waals surface area contributed by atoms with E-state index in [2.05, 4.69) is 20.8 Å². The fourth-order valence-corrected chi connectivity index (χ4v) is 4.63. The Balaban J connectivity index is 1.71. The number of rotatable bonds is 8. The molecule has 5 heteroatoms. The number of benzene rings is 3. The number of anilines is 1. The van der Waals surface area contributed by atoms with E-state index >= 15 is 0 Å². The van der Waals surface area contributed by atoms with Crippen molar-refractivity contribution in [2.45, 2.75) is 65.0 Å². The smallest absolute Gasteiger partial charge is 0.294 e. The van der Waals surface area contributed by atoms with Gasteiger partial charge in [0.15, 0.2) is 11.5 Å². The van der Waals surface area contributed by atoms with E-state index in [-0.39, 0.29) is 29.3 Å². The lowest BCUT2D eigenvalue weighted by atomic mass is 9.85. The molecule has 37 heavy (non-hydrogen) atoms. The zero-order valence-electron chi connectivity index (χ0n) is 22.2. The van der Waals surface area contributed by atoms with Crippen molar-refractivity contribution in [1.29, 1.82) is 0 Å². The number of ether oxygens (including phenoxy) is 1. The second-order valence-corrected chi connectivity index (χ2v) is 10.8. The van der Waals surface area contributed by atoms with E-state index in [0.29, 0.717) is 17.9 Å². The maximum Gasteiger partial charge on any atom is 0.294 e. The van der Waals surface area contributed by atoms with Gasteiger partial charge in [0.1, 0.15) is 5.75 Å². The Labute approximate surface area is 219 Å². The maximum atomic E-state index is 13.5. The van der Waals surface area contributed by atoms with Crippen LogP contribution < -0.4 is 9.64 Å². The van der Waals surface area contributed by atoms with E-state index in [4.69, 9.17) is 4.74 Å². The lowest BCUT2D eigenvalue weighted by Crippen LogP contribution is -2.31. The molecule has 1 atom stereocenters. The molecule has 192 valence electrons. The summed E-state index contributed by atoms with van der Waals surface area (Å²) in [5.41, 5.74) is 3.64. The highest BCUT2D eigenvalue weighted by molar-refractivity contribution is 6.16. The Bertz CT molecular complexity index is 1280. The van der Waals surface area contributed by atoms with Gasteiger partial charge in [-0.2, -0.15) is 0 Å². The monoisotopic (exact) mass is 497 g/mol. The van der Waals surface area contributed by atoms with Crippen molar-refractivity contribution in [2.24, 2.45) is 0 Å². The molecule has 3 aromatic carbocycles. The van der Waals surface area contributed by atoms with Crippen molar-refractivity contribution in [1.82, 2.24) is 0 Å². The van der Waals surface area contributed by atoms with Crippen LogP contribution in [-0.2, 0) is 21.4 Å². The van der Waals surface area contributed by atoms with Crippen molar-refractivity contribution in [3.8, 4) is 5.75 Å².